The highest BCUT2D eigenvalue weighted by Crippen LogP contribution is 2.35. The summed E-state index contributed by atoms with van der Waals surface area (Å²) in [5.41, 5.74) is 2.17. The van der Waals surface area contributed by atoms with Gasteiger partial charge >= 0.3 is 5.97 Å². The number of carbonyl (C=O) groups excluding carboxylic acids is 1. The summed E-state index contributed by atoms with van der Waals surface area (Å²) in [6.45, 7) is 2.36. The lowest BCUT2D eigenvalue weighted by Crippen LogP contribution is -2.02. The zero-order valence-electron chi connectivity index (χ0n) is 9.48. The molecule has 1 aromatic carbocycles. The highest BCUT2D eigenvalue weighted by molar-refractivity contribution is 5.82. The normalized spacial score (nSPS) is 15.9. The highest BCUT2D eigenvalue weighted by Gasteiger charge is 2.23. The van der Waals surface area contributed by atoms with Gasteiger partial charge in [0, 0.05) is 6.08 Å². The second kappa shape index (κ2) is 4.97. The number of hydrogen-bond acceptors (Lipinski definition) is 2. The van der Waals surface area contributed by atoms with E-state index >= 15 is 0 Å². The Balaban J connectivity index is 1.82. The molecule has 0 unspecified atom stereocenters. The monoisotopic (exact) mass is 216 g/mol. The molecule has 0 amide bonds. The summed E-state index contributed by atoms with van der Waals surface area (Å²) in [6.07, 6.45) is 4.06. The van der Waals surface area contributed by atoms with E-state index in [1.54, 1.807) is 6.08 Å². The number of rotatable bonds is 4. The molecule has 1 saturated carbocycles. The first-order valence-electron chi connectivity index (χ1n) is 5.64. The van der Waals surface area contributed by atoms with Gasteiger partial charge in [0.1, 0.15) is 6.61 Å². The van der Waals surface area contributed by atoms with Crippen molar-refractivity contribution in [1.82, 2.24) is 0 Å². The van der Waals surface area contributed by atoms with Gasteiger partial charge in [0.25, 0.3) is 0 Å². The lowest BCUT2D eigenvalue weighted by atomic mass is 10.2. The maximum atomic E-state index is 11.5. The van der Waals surface area contributed by atoms with Gasteiger partial charge in [-0.1, -0.05) is 35.9 Å². The first kappa shape index (κ1) is 10.9. The van der Waals surface area contributed by atoms with Crippen molar-refractivity contribution in [2.45, 2.75) is 26.4 Å². The minimum Gasteiger partial charge on any atom is -0.458 e. The lowest BCUT2D eigenvalue weighted by Gasteiger charge is -2.02. The van der Waals surface area contributed by atoms with Crippen LogP contribution in [-0.2, 0) is 16.1 Å². The van der Waals surface area contributed by atoms with E-state index < -0.39 is 0 Å². The zero-order chi connectivity index (χ0) is 11.4. The fraction of sp³-hybridized carbons (Fsp3) is 0.357. The van der Waals surface area contributed by atoms with Crippen LogP contribution in [0.4, 0.5) is 0 Å². The van der Waals surface area contributed by atoms with Crippen molar-refractivity contribution in [2.75, 3.05) is 0 Å². The summed E-state index contributed by atoms with van der Waals surface area (Å²) in [5, 5.41) is 0. The van der Waals surface area contributed by atoms with Gasteiger partial charge < -0.3 is 4.74 Å². The fourth-order valence-corrected chi connectivity index (χ4v) is 1.61. The number of allylic oxidation sites excluding steroid dienone is 1. The van der Waals surface area contributed by atoms with Crippen LogP contribution in [-0.4, -0.2) is 5.97 Å². The van der Waals surface area contributed by atoms with Gasteiger partial charge in [-0.25, -0.2) is 4.79 Å². The minimum absolute atomic E-state index is 0.228. The predicted molar refractivity (Wildman–Crippen MR) is 62.7 cm³/mol. The summed E-state index contributed by atoms with van der Waals surface area (Å²) in [4.78, 5) is 11.5. The number of carbonyl (C=O) groups is 1. The first-order chi connectivity index (χ1) is 7.75. The second-order valence-electron chi connectivity index (χ2n) is 4.26. The molecule has 0 atom stereocenters. The Morgan fingerprint density at radius 3 is 2.69 bits per heavy atom. The topological polar surface area (TPSA) is 26.3 Å². The molecule has 2 heteroatoms. The number of hydrogen-bond donors (Lipinski definition) is 0. The molecule has 0 spiro atoms. The Morgan fingerprint density at radius 2 is 2.06 bits per heavy atom. The first-order valence-corrected chi connectivity index (χ1v) is 5.64. The Hall–Kier alpha value is -1.57. The molecule has 84 valence electrons. The van der Waals surface area contributed by atoms with Gasteiger partial charge in [-0.3, -0.25) is 0 Å². The third-order valence-corrected chi connectivity index (χ3v) is 2.79. The molecule has 1 fully saturated rings. The molecule has 1 aromatic rings. The summed E-state index contributed by atoms with van der Waals surface area (Å²) in [5.74, 6) is 0.400. The summed E-state index contributed by atoms with van der Waals surface area (Å²) >= 11 is 0. The molecule has 0 bridgehead atoms. The summed E-state index contributed by atoms with van der Waals surface area (Å²) in [7, 11) is 0. The fourth-order valence-electron chi connectivity index (χ4n) is 1.61. The maximum absolute atomic E-state index is 11.5. The Kier molecular flexibility index (Phi) is 3.40. The molecule has 0 aliphatic heterocycles. The van der Waals surface area contributed by atoms with Crippen LogP contribution in [0.1, 0.15) is 25.3 Å². The van der Waals surface area contributed by atoms with Gasteiger partial charge in [-0.15, -0.1) is 0 Å². The Morgan fingerprint density at radius 1 is 1.38 bits per heavy atom. The van der Waals surface area contributed by atoms with Crippen molar-refractivity contribution in [3.8, 4) is 0 Å². The molecule has 2 rings (SSSR count). The highest BCUT2D eigenvalue weighted by atomic mass is 16.5. The van der Waals surface area contributed by atoms with Crippen LogP contribution in [0.15, 0.2) is 42.0 Å². The zero-order valence-corrected chi connectivity index (χ0v) is 9.48. The van der Waals surface area contributed by atoms with Gasteiger partial charge in [-0.05, 0) is 31.2 Å². The van der Waals surface area contributed by atoms with Gasteiger partial charge in [-0.2, -0.15) is 0 Å². The molecule has 0 N–H and O–H groups in total. The molecular weight excluding hydrogens is 200 g/mol. The molecule has 0 saturated heterocycles. The van der Waals surface area contributed by atoms with E-state index in [9.17, 15) is 4.79 Å². The van der Waals surface area contributed by atoms with Crippen molar-refractivity contribution < 1.29 is 9.53 Å². The van der Waals surface area contributed by atoms with Crippen LogP contribution in [0.25, 0.3) is 0 Å². The Bertz CT molecular complexity index is 388. The largest absolute Gasteiger partial charge is 0.458 e. The molecule has 0 aromatic heterocycles. The van der Waals surface area contributed by atoms with Crippen LogP contribution < -0.4 is 0 Å². The molecule has 0 heterocycles. The molecule has 2 nitrogen and oxygen atoms in total. The second-order valence-corrected chi connectivity index (χ2v) is 4.26. The maximum Gasteiger partial charge on any atom is 0.331 e. The number of esters is 1. The van der Waals surface area contributed by atoms with E-state index in [0.717, 1.165) is 11.1 Å². The lowest BCUT2D eigenvalue weighted by molar-refractivity contribution is -0.139. The Labute approximate surface area is 95.9 Å². The third kappa shape index (κ3) is 3.23. The van der Waals surface area contributed by atoms with Crippen LogP contribution in [0.2, 0.25) is 0 Å². The van der Waals surface area contributed by atoms with Crippen molar-refractivity contribution in [2.24, 2.45) is 5.92 Å². The molecular formula is C14H16O2. The molecule has 0 radical (unpaired) electrons. The van der Waals surface area contributed by atoms with Crippen molar-refractivity contribution in [3.63, 3.8) is 0 Å². The average Bonchev–Trinajstić information content (AvgIpc) is 3.11. The standard InChI is InChI=1S/C14H16O2/c1-11(13-7-8-13)9-14(15)16-10-12-5-3-2-4-6-12/h2-6,9,13H,7-8,10H2,1H3/b11-9+. The number of ether oxygens (including phenoxy) is 1. The van der Waals surface area contributed by atoms with Crippen LogP contribution in [0, 0.1) is 5.92 Å². The molecule has 1 aliphatic rings. The summed E-state index contributed by atoms with van der Waals surface area (Å²) in [6, 6.07) is 9.72. The minimum atomic E-state index is -0.228. The molecule has 1 aliphatic carbocycles. The smallest absolute Gasteiger partial charge is 0.331 e. The van der Waals surface area contributed by atoms with E-state index in [2.05, 4.69) is 0 Å². The van der Waals surface area contributed by atoms with Gasteiger partial charge in [0.05, 0.1) is 0 Å². The van der Waals surface area contributed by atoms with Crippen molar-refractivity contribution in [1.29, 1.82) is 0 Å². The van der Waals surface area contributed by atoms with Crippen LogP contribution >= 0.6 is 0 Å². The predicted octanol–water partition coefficient (Wildman–Crippen LogP) is 3.09. The average molecular weight is 216 g/mol. The van der Waals surface area contributed by atoms with Gasteiger partial charge in [0.2, 0.25) is 0 Å². The van der Waals surface area contributed by atoms with E-state index in [1.807, 2.05) is 37.3 Å². The van der Waals surface area contributed by atoms with E-state index in [0.29, 0.717) is 12.5 Å². The van der Waals surface area contributed by atoms with Crippen molar-refractivity contribution in [3.05, 3.63) is 47.5 Å². The SMILES string of the molecule is C/C(=C\C(=O)OCc1ccccc1)C1CC1. The number of benzene rings is 1. The third-order valence-electron chi connectivity index (χ3n) is 2.79. The van der Waals surface area contributed by atoms with E-state index in [-0.39, 0.29) is 5.97 Å². The van der Waals surface area contributed by atoms with Crippen LogP contribution in [0.5, 0.6) is 0 Å². The van der Waals surface area contributed by atoms with Crippen molar-refractivity contribution >= 4 is 5.97 Å². The van der Waals surface area contributed by atoms with Gasteiger partial charge in [0.15, 0.2) is 0 Å². The van der Waals surface area contributed by atoms with E-state index in [4.69, 9.17) is 4.74 Å². The summed E-state index contributed by atoms with van der Waals surface area (Å²) < 4.78 is 5.16. The van der Waals surface area contributed by atoms with Crippen LogP contribution in [0.3, 0.4) is 0 Å². The quantitative estimate of drug-likeness (QED) is 0.571. The molecule has 16 heavy (non-hydrogen) atoms. The van der Waals surface area contributed by atoms with E-state index in [1.165, 1.54) is 12.8 Å².